The molecule has 0 bridgehead atoms. The first-order valence-corrected chi connectivity index (χ1v) is 4.83. The molecule has 0 spiro atoms. The molecule has 1 aromatic heterocycles. The Balaban J connectivity index is 2.37. The van der Waals surface area contributed by atoms with E-state index in [2.05, 4.69) is 48.1 Å². The lowest BCUT2D eigenvalue weighted by molar-refractivity contribution is 0.873. The van der Waals surface area contributed by atoms with Gasteiger partial charge in [-0.05, 0) is 18.1 Å². The van der Waals surface area contributed by atoms with Gasteiger partial charge >= 0.3 is 0 Å². The molecule has 0 aliphatic carbocycles. The Labute approximate surface area is 84.0 Å². The summed E-state index contributed by atoms with van der Waals surface area (Å²) in [6, 6.07) is 8.46. The zero-order valence-electron chi connectivity index (χ0n) is 8.49. The summed E-state index contributed by atoms with van der Waals surface area (Å²) in [5.41, 5.74) is 3.85. The molecule has 0 saturated carbocycles. The van der Waals surface area contributed by atoms with Crippen molar-refractivity contribution in [3.05, 3.63) is 53.6 Å². The number of aryl methyl sites for hydroxylation is 1. The fourth-order valence-electron chi connectivity index (χ4n) is 1.74. The zero-order chi connectivity index (χ0) is 9.97. The van der Waals surface area contributed by atoms with Crippen LogP contribution in [0.2, 0.25) is 0 Å². The Morgan fingerprint density at radius 2 is 2.07 bits per heavy atom. The Hall–Kier alpha value is -1.57. The standard InChI is InChI=1S/C12H14N2/c1-9-5-3-4-6-11(9)10(2)12-7-13-8-14-12/h3-8,10H,1-2H3,(H,13,14). The van der Waals surface area contributed by atoms with Crippen LogP contribution in [0, 0.1) is 6.92 Å². The van der Waals surface area contributed by atoms with Gasteiger partial charge in [0.05, 0.1) is 6.33 Å². The van der Waals surface area contributed by atoms with E-state index in [0.29, 0.717) is 5.92 Å². The lowest BCUT2D eigenvalue weighted by Gasteiger charge is -2.12. The maximum Gasteiger partial charge on any atom is 0.0921 e. The summed E-state index contributed by atoms with van der Waals surface area (Å²) in [5.74, 6) is 0.388. The summed E-state index contributed by atoms with van der Waals surface area (Å²) in [6.45, 7) is 4.33. The van der Waals surface area contributed by atoms with E-state index in [1.54, 1.807) is 6.33 Å². The van der Waals surface area contributed by atoms with Gasteiger partial charge in [0.1, 0.15) is 0 Å². The highest BCUT2D eigenvalue weighted by molar-refractivity contribution is 5.33. The maximum atomic E-state index is 4.04. The number of hydrogen-bond acceptors (Lipinski definition) is 1. The van der Waals surface area contributed by atoms with Gasteiger partial charge in [-0.3, -0.25) is 0 Å². The van der Waals surface area contributed by atoms with Crippen molar-refractivity contribution in [2.24, 2.45) is 0 Å². The normalized spacial score (nSPS) is 12.7. The summed E-state index contributed by atoms with van der Waals surface area (Å²) in [5, 5.41) is 0. The third kappa shape index (κ3) is 1.55. The van der Waals surface area contributed by atoms with E-state index in [9.17, 15) is 0 Å². The predicted molar refractivity (Wildman–Crippen MR) is 57.3 cm³/mol. The highest BCUT2D eigenvalue weighted by atomic mass is 14.9. The van der Waals surface area contributed by atoms with Gasteiger partial charge in [0.15, 0.2) is 0 Å². The molecular formula is C12H14N2. The third-order valence-corrected chi connectivity index (χ3v) is 2.64. The second-order valence-electron chi connectivity index (χ2n) is 3.59. The fourth-order valence-corrected chi connectivity index (χ4v) is 1.74. The van der Waals surface area contributed by atoms with Gasteiger partial charge in [-0.2, -0.15) is 0 Å². The Morgan fingerprint density at radius 1 is 1.29 bits per heavy atom. The molecule has 0 aliphatic rings. The maximum absolute atomic E-state index is 4.04. The number of aromatic amines is 1. The molecule has 0 fully saturated rings. The minimum atomic E-state index is 0.388. The van der Waals surface area contributed by atoms with Crippen molar-refractivity contribution in [3.8, 4) is 0 Å². The molecule has 1 N–H and O–H groups in total. The van der Waals surface area contributed by atoms with Crippen LogP contribution in [-0.4, -0.2) is 9.97 Å². The molecule has 2 rings (SSSR count). The number of H-pyrrole nitrogens is 1. The van der Waals surface area contributed by atoms with Gasteiger partial charge in [0.25, 0.3) is 0 Å². The molecule has 0 saturated heterocycles. The number of nitrogens with one attached hydrogen (secondary N) is 1. The second kappa shape index (κ2) is 3.66. The molecule has 1 heterocycles. The number of nitrogens with zero attached hydrogens (tertiary/aromatic N) is 1. The molecule has 2 nitrogen and oxygen atoms in total. The van der Waals surface area contributed by atoms with Crippen molar-refractivity contribution in [1.82, 2.24) is 9.97 Å². The van der Waals surface area contributed by atoms with E-state index in [1.807, 2.05) is 6.20 Å². The highest BCUT2D eigenvalue weighted by Crippen LogP contribution is 2.24. The molecule has 1 atom stereocenters. The molecule has 0 radical (unpaired) electrons. The SMILES string of the molecule is Cc1ccccc1C(C)c1cnc[nH]1. The van der Waals surface area contributed by atoms with Crippen LogP contribution in [0.15, 0.2) is 36.8 Å². The van der Waals surface area contributed by atoms with Crippen molar-refractivity contribution < 1.29 is 0 Å². The number of benzene rings is 1. The Kier molecular flexibility index (Phi) is 2.35. The molecule has 2 aromatic rings. The van der Waals surface area contributed by atoms with Crippen molar-refractivity contribution in [1.29, 1.82) is 0 Å². The van der Waals surface area contributed by atoms with Gasteiger partial charge in [0.2, 0.25) is 0 Å². The smallest absolute Gasteiger partial charge is 0.0921 e. The largest absolute Gasteiger partial charge is 0.348 e. The van der Waals surface area contributed by atoms with Crippen LogP contribution in [0.25, 0.3) is 0 Å². The minimum absolute atomic E-state index is 0.388. The monoisotopic (exact) mass is 186 g/mol. The number of imidazole rings is 1. The second-order valence-corrected chi connectivity index (χ2v) is 3.59. The van der Waals surface area contributed by atoms with Crippen molar-refractivity contribution in [2.75, 3.05) is 0 Å². The molecular weight excluding hydrogens is 172 g/mol. The van der Waals surface area contributed by atoms with Crippen LogP contribution in [0.3, 0.4) is 0 Å². The molecule has 0 amide bonds. The fraction of sp³-hybridized carbons (Fsp3) is 0.250. The molecule has 1 aromatic carbocycles. The Morgan fingerprint density at radius 3 is 2.71 bits per heavy atom. The minimum Gasteiger partial charge on any atom is -0.348 e. The van der Waals surface area contributed by atoms with E-state index in [-0.39, 0.29) is 0 Å². The van der Waals surface area contributed by atoms with E-state index in [4.69, 9.17) is 0 Å². The van der Waals surface area contributed by atoms with Gasteiger partial charge in [-0.25, -0.2) is 4.98 Å². The van der Waals surface area contributed by atoms with Gasteiger partial charge in [-0.15, -0.1) is 0 Å². The van der Waals surface area contributed by atoms with E-state index >= 15 is 0 Å². The summed E-state index contributed by atoms with van der Waals surface area (Å²) >= 11 is 0. The predicted octanol–water partition coefficient (Wildman–Crippen LogP) is 2.87. The Bertz CT molecular complexity index is 404. The number of rotatable bonds is 2. The summed E-state index contributed by atoms with van der Waals surface area (Å²) in [7, 11) is 0. The first kappa shape index (κ1) is 9.00. The summed E-state index contributed by atoms with van der Waals surface area (Å²) in [4.78, 5) is 7.19. The van der Waals surface area contributed by atoms with E-state index in [1.165, 1.54) is 16.8 Å². The lowest BCUT2D eigenvalue weighted by Crippen LogP contribution is -1.98. The molecule has 0 aliphatic heterocycles. The quantitative estimate of drug-likeness (QED) is 0.767. The van der Waals surface area contributed by atoms with Crippen molar-refractivity contribution in [2.45, 2.75) is 19.8 Å². The summed E-state index contributed by atoms with van der Waals surface area (Å²) < 4.78 is 0. The van der Waals surface area contributed by atoms with E-state index in [0.717, 1.165) is 0 Å². The van der Waals surface area contributed by atoms with Crippen LogP contribution in [-0.2, 0) is 0 Å². The lowest BCUT2D eigenvalue weighted by atomic mass is 9.94. The van der Waals surface area contributed by atoms with Gasteiger partial charge in [0, 0.05) is 17.8 Å². The van der Waals surface area contributed by atoms with Crippen LogP contribution in [0.5, 0.6) is 0 Å². The van der Waals surface area contributed by atoms with Crippen molar-refractivity contribution >= 4 is 0 Å². The van der Waals surface area contributed by atoms with Crippen LogP contribution < -0.4 is 0 Å². The molecule has 2 heteroatoms. The van der Waals surface area contributed by atoms with Gasteiger partial charge in [-0.1, -0.05) is 31.2 Å². The molecule has 72 valence electrons. The summed E-state index contributed by atoms with van der Waals surface area (Å²) in [6.07, 6.45) is 3.61. The van der Waals surface area contributed by atoms with Gasteiger partial charge < -0.3 is 4.98 Å². The highest BCUT2D eigenvalue weighted by Gasteiger charge is 2.10. The number of aromatic nitrogens is 2. The average Bonchev–Trinajstić information content (AvgIpc) is 2.70. The van der Waals surface area contributed by atoms with Crippen LogP contribution >= 0.6 is 0 Å². The van der Waals surface area contributed by atoms with E-state index < -0.39 is 0 Å². The third-order valence-electron chi connectivity index (χ3n) is 2.64. The molecule has 14 heavy (non-hydrogen) atoms. The van der Waals surface area contributed by atoms with Crippen molar-refractivity contribution in [3.63, 3.8) is 0 Å². The first-order chi connectivity index (χ1) is 6.79. The number of hydrogen-bond donors (Lipinski definition) is 1. The first-order valence-electron chi connectivity index (χ1n) is 4.83. The molecule has 1 unspecified atom stereocenters. The topological polar surface area (TPSA) is 28.7 Å². The van der Waals surface area contributed by atoms with Crippen LogP contribution in [0.1, 0.15) is 29.7 Å². The van der Waals surface area contributed by atoms with Crippen LogP contribution in [0.4, 0.5) is 0 Å². The average molecular weight is 186 g/mol. The zero-order valence-corrected chi connectivity index (χ0v) is 8.49.